The van der Waals surface area contributed by atoms with Gasteiger partial charge in [0.2, 0.25) is 0 Å². The standard InChI is InChI=1S/C16H22FNO3/c1-16(2,3)21-15(20)18-9-12(8-14(18)10-19)11-4-6-13(17)7-5-11/h4-7,12,14,19H,8-10H2,1-3H3/t12?,14-/m0/s1. The Balaban J connectivity index is 2.10. The summed E-state index contributed by atoms with van der Waals surface area (Å²) in [6.07, 6.45) is 0.243. The number of carbonyl (C=O) groups is 1. The lowest BCUT2D eigenvalue weighted by Crippen LogP contribution is -2.41. The second-order valence-corrected chi connectivity index (χ2v) is 6.45. The van der Waals surface area contributed by atoms with Crippen molar-refractivity contribution in [2.24, 2.45) is 0 Å². The summed E-state index contributed by atoms with van der Waals surface area (Å²) in [5, 5.41) is 9.48. The molecule has 1 aromatic rings. The molecular formula is C16H22FNO3. The van der Waals surface area contributed by atoms with E-state index in [9.17, 15) is 14.3 Å². The molecule has 2 rings (SSSR count). The highest BCUT2D eigenvalue weighted by Crippen LogP contribution is 2.32. The molecule has 1 aromatic carbocycles. The van der Waals surface area contributed by atoms with Gasteiger partial charge in [-0.1, -0.05) is 12.1 Å². The normalized spacial score (nSPS) is 22.4. The average molecular weight is 295 g/mol. The van der Waals surface area contributed by atoms with Crippen molar-refractivity contribution in [3.63, 3.8) is 0 Å². The molecule has 116 valence electrons. The Morgan fingerprint density at radius 3 is 2.52 bits per heavy atom. The molecule has 0 saturated carbocycles. The zero-order chi connectivity index (χ0) is 15.6. The maximum atomic E-state index is 13.0. The summed E-state index contributed by atoms with van der Waals surface area (Å²) in [7, 11) is 0. The molecule has 1 fully saturated rings. The minimum Gasteiger partial charge on any atom is -0.444 e. The minimum absolute atomic E-state index is 0.0928. The molecule has 1 N–H and O–H groups in total. The molecule has 5 heteroatoms. The van der Waals surface area contributed by atoms with Crippen molar-refractivity contribution in [1.82, 2.24) is 4.90 Å². The highest BCUT2D eigenvalue weighted by molar-refractivity contribution is 5.69. The van der Waals surface area contributed by atoms with Crippen molar-refractivity contribution in [1.29, 1.82) is 0 Å². The molecule has 2 atom stereocenters. The van der Waals surface area contributed by atoms with Gasteiger partial charge in [0.1, 0.15) is 11.4 Å². The molecular weight excluding hydrogens is 273 g/mol. The van der Waals surface area contributed by atoms with Crippen LogP contribution in [0.2, 0.25) is 0 Å². The van der Waals surface area contributed by atoms with E-state index in [1.54, 1.807) is 17.0 Å². The number of benzene rings is 1. The number of nitrogens with zero attached hydrogens (tertiary/aromatic N) is 1. The Morgan fingerprint density at radius 2 is 2.00 bits per heavy atom. The van der Waals surface area contributed by atoms with Crippen LogP contribution < -0.4 is 0 Å². The Morgan fingerprint density at radius 1 is 1.38 bits per heavy atom. The smallest absolute Gasteiger partial charge is 0.410 e. The van der Waals surface area contributed by atoms with Crippen molar-refractivity contribution < 1.29 is 19.0 Å². The first kappa shape index (κ1) is 15.8. The van der Waals surface area contributed by atoms with Gasteiger partial charge in [-0.25, -0.2) is 9.18 Å². The summed E-state index contributed by atoms with van der Waals surface area (Å²) in [5.74, 6) is -0.185. The summed E-state index contributed by atoms with van der Waals surface area (Å²) >= 11 is 0. The van der Waals surface area contributed by atoms with Crippen LogP contribution in [0.5, 0.6) is 0 Å². The van der Waals surface area contributed by atoms with Gasteiger partial charge >= 0.3 is 6.09 Å². The van der Waals surface area contributed by atoms with Crippen LogP contribution in [0, 0.1) is 5.82 Å². The summed E-state index contributed by atoms with van der Waals surface area (Å²) in [6.45, 7) is 5.81. The van der Waals surface area contributed by atoms with Crippen molar-refractivity contribution in [3.8, 4) is 0 Å². The van der Waals surface area contributed by atoms with Gasteiger partial charge in [-0.3, -0.25) is 0 Å². The number of hydrogen-bond acceptors (Lipinski definition) is 3. The van der Waals surface area contributed by atoms with Crippen LogP contribution in [0.1, 0.15) is 38.7 Å². The van der Waals surface area contributed by atoms with Crippen molar-refractivity contribution in [2.75, 3.05) is 13.2 Å². The van der Waals surface area contributed by atoms with E-state index in [1.807, 2.05) is 20.8 Å². The molecule has 0 aliphatic carbocycles. The van der Waals surface area contributed by atoms with Gasteiger partial charge in [-0.05, 0) is 44.9 Å². The molecule has 1 aliphatic rings. The van der Waals surface area contributed by atoms with E-state index < -0.39 is 11.7 Å². The van der Waals surface area contributed by atoms with E-state index in [0.29, 0.717) is 13.0 Å². The summed E-state index contributed by atoms with van der Waals surface area (Å²) < 4.78 is 18.4. The fourth-order valence-electron chi connectivity index (χ4n) is 2.61. The van der Waals surface area contributed by atoms with E-state index >= 15 is 0 Å². The highest BCUT2D eigenvalue weighted by Gasteiger charge is 2.37. The number of likely N-dealkylation sites (tertiary alicyclic amines) is 1. The van der Waals surface area contributed by atoms with Gasteiger partial charge < -0.3 is 14.7 Å². The number of ether oxygens (including phenoxy) is 1. The molecule has 0 aromatic heterocycles. The third-order valence-corrected chi connectivity index (χ3v) is 3.59. The lowest BCUT2D eigenvalue weighted by atomic mass is 9.96. The Kier molecular flexibility index (Phi) is 4.52. The number of hydrogen-bond donors (Lipinski definition) is 1. The van der Waals surface area contributed by atoms with Gasteiger partial charge in [-0.15, -0.1) is 0 Å². The lowest BCUT2D eigenvalue weighted by molar-refractivity contribution is 0.0174. The van der Waals surface area contributed by atoms with Gasteiger partial charge in [0.05, 0.1) is 12.6 Å². The zero-order valence-corrected chi connectivity index (χ0v) is 12.7. The number of rotatable bonds is 2. The number of carbonyl (C=O) groups excluding carboxylic acids is 1. The topological polar surface area (TPSA) is 49.8 Å². The quantitative estimate of drug-likeness (QED) is 0.912. The van der Waals surface area contributed by atoms with E-state index in [2.05, 4.69) is 0 Å². The maximum absolute atomic E-state index is 13.0. The molecule has 1 aliphatic heterocycles. The SMILES string of the molecule is CC(C)(C)OC(=O)N1CC(c2ccc(F)cc2)C[C@H]1CO. The van der Waals surface area contributed by atoms with E-state index in [0.717, 1.165) is 5.56 Å². The molecule has 0 bridgehead atoms. The fourth-order valence-corrected chi connectivity index (χ4v) is 2.61. The molecule has 0 radical (unpaired) electrons. The number of aliphatic hydroxyl groups is 1. The van der Waals surface area contributed by atoms with E-state index in [1.165, 1.54) is 12.1 Å². The van der Waals surface area contributed by atoms with Crippen LogP contribution in [0.25, 0.3) is 0 Å². The third-order valence-electron chi connectivity index (χ3n) is 3.59. The van der Waals surface area contributed by atoms with E-state index in [-0.39, 0.29) is 24.4 Å². The summed E-state index contributed by atoms with van der Waals surface area (Å²) in [5.41, 5.74) is 0.409. The molecule has 0 spiro atoms. The third kappa shape index (κ3) is 3.94. The first-order chi connectivity index (χ1) is 9.80. The summed E-state index contributed by atoms with van der Waals surface area (Å²) in [6, 6.07) is 6.04. The Bertz CT molecular complexity index is 495. The Hall–Kier alpha value is -1.62. The van der Waals surface area contributed by atoms with Crippen LogP contribution in [-0.2, 0) is 4.74 Å². The largest absolute Gasteiger partial charge is 0.444 e. The fraction of sp³-hybridized carbons (Fsp3) is 0.562. The molecule has 1 saturated heterocycles. The second kappa shape index (κ2) is 6.02. The maximum Gasteiger partial charge on any atom is 0.410 e. The average Bonchev–Trinajstić information content (AvgIpc) is 2.82. The Labute approximate surface area is 124 Å². The van der Waals surface area contributed by atoms with Gasteiger partial charge in [0.15, 0.2) is 0 Å². The molecule has 21 heavy (non-hydrogen) atoms. The predicted molar refractivity (Wildman–Crippen MR) is 77.6 cm³/mol. The molecule has 1 unspecified atom stereocenters. The number of amides is 1. The first-order valence-corrected chi connectivity index (χ1v) is 7.16. The van der Waals surface area contributed by atoms with Crippen LogP contribution in [0.4, 0.5) is 9.18 Å². The molecule has 1 heterocycles. The van der Waals surface area contributed by atoms with Gasteiger partial charge in [0.25, 0.3) is 0 Å². The van der Waals surface area contributed by atoms with Gasteiger partial charge in [-0.2, -0.15) is 0 Å². The molecule has 4 nitrogen and oxygen atoms in total. The van der Waals surface area contributed by atoms with Crippen LogP contribution in [-0.4, -0.2) is 40.9 Å². The number of aliphatic hydroxyl groups excluding tert-OH is 1. The second-order valence-electron chi connectivity index (χ2n) is 6.45. The van der Waals surface area contributed by atoms with Crippen molar-refractivity contribution >= 4 is 6.09 Å². The predicted octanol–water partition coefficient (Wildman–Crippen LogP) is 2.91. The van der Waals surface area contributed by atoms with Crippen molar-refractivity contribution in [3.05, 3.63) is 35.6 Å². The van der Waals surface area contributed by atoms with E-state index in [4.69, 9.17) is 4.74 Å². The lowest BCUT2D eigenvalue weighted by Gasteiger charge is -2.27. The van der Waals surface area contributed by atoms with Gasteiger partial charge in [0, 0.05) is 12.5 Å². The van der Waals surface area contributed by atoms with Crippen LogP contribution in [0.15, 0.2) is 24.3 Å². The first-order valence-electron chi connectivity index (χ1n) is 7.16. The highest BCUT2D eigenvalue weighted by atomic mass is 19.1. The molecule has 1 amide bonds. The van der Waals surface area contributed by atoms with Crippen LogP contribution in [0.3, 0.4) is 0 Å². The minimum atomic E-state index is -0.564. The zero-order valence-electron chi connectivity index (χ0n) is 12.7. The monoisotopic (exact) mass is 295 g/mol. The van der Waals surface area contributed by atoms with Crippen molar-refractivity contribution in [2.45, 2.75) is 44.8 Å². The summed E-state index contributed by atoms with van der Waals surface area (Å²) in [4.78, 5) is 13.8. The number of halogens is 1. The van der Waals surface area contributed by atoms with Crippen LogP contribution >= 0.6 is 0 Å².